The lowest BCUT2D eigenvalue weighted by Gasteiger charge is -2.13. The molecule has 2 aromatic rings. The lowest BCUT2D eigenvalue weighted by atomic mass is 10.2. The summed E-state index contributed by atoms with van der Waals surface area (Å²) in [7, 11) is 3.18. The third-order valence-electron chi connectivity index (χ3n) is 2.59. The molecule has 0 spiro atoms. The largest absolute Gasteiger partial charge is 0.497 e. The van der Waals surface area contributed by atoms with Gasteiger partial charge in [-0.05, 0) is 28.1 Å². The molecule has 1 heterocycles. The van der Waals surface area contributed by atoms with Gasteiger partial charge in [0.2, 0.25) is 0 Å². The van der Waals surface area contributed by atoms with Crippen LogP contribution < -0.4 is 26.1 Å². The maximum Gasteiger partial charge on any atom is 0.159 e. The first-order chi connectivity index (χ1) is 9.69. The van der Waals surface area contributed by atoms with Crippen LogP contribution in [0.5, 0.6) is 11.5 Å². The van der Waals surface area contributed by atoms with E-state index < -0.39 is 0 Å². The van der Waals surface area contributed by atoms with Crippen molar-refractivity contribution >= 4 is 33.3 Å². The van der Waals surface area contributed by atoms with Crippen LogP contribution in [0.25, 0.3) is 0 Å². The van der Waals surface area contributed by atoms with Gasteiger partial charge in [-0.15, -0.1) is 0 Å². The van der Waals surface area contributed by atoms with Gasteiger partial charge in [-0.25, -0.2) is 15.8 Å². The predicted octanol–water partition coefficient (Wildman–Crippen LogP) is 2.29. The maximum absolute atomic E-state index is 5.37. The fourth-order valence-corrected chi connectivity index (χ4v) is 2.01. The van der Waals surface area contributed by atoms with E-state index in [1.807, 2.05) is 12.1 Å². The summed E-state index contributed by atoms with van der Waals surface area (Å²) >= 11 is 3.38. The molecule has 1 aromatic carbocycles. The quantitative estimate of drug-likeness (QED) is 0.568. The van der Waals surface area contributed by atoms with E-state index in [0.717, 1.165) is 5.69 Å². The number of rotatable bonds is 5. The highest BCUT2D eigenvalue weighted by Crippen LogP contribution is 2.34. The Morgan fingerprint density at radius 2 is 1.90 bits per heavy atom. The first kappa shape index (κ1) is 14.4. The third-order valence-corrected chi connectivity index (χ3v) is 3.34. The molecule has 0 fully saturated rings. The number of nitrogens with one attached hydrogen (secondary N) is 2. The number of hydrogen-bond acceptors (Lipinski definition) is 7. The van der Waals surface area contributed by atoms with Gasteiger partial charge in [0.25, 0.3) is 0 Å². The van der Waals surface area contributed by atoms with Crippen LogP contribution in [-0.4, -0.2) is 24.2 Å². The van der Waals surface area contributed by atoms with Crippen LogP contribution in [0.4, 0.5) is 17.3 Å². The first-order valence-corrected chi connectivity index (χ1v) is 6.45. The minimum Gasteiger partial charge on any atom is -0.497 e. The molecule has 1 aromatic heterocycles. The molecule has 0 radical (unpaired) electrons. The standard InChI is InChI=1S/C12H14BrN5O2/c1-19-7-3-4-8(9(5-7)20-2)17-11-10(13)12(18-14)16-6-15-11/h3-6H,14H2,1-2H3,(H2,15,16,17,18). The molecule has 7 nitrogen and oxygen atoms in total. The van der Waals surface area contributed by atoms with Crippen LogP contribution >= 0.6 is 15.9 Å². The average molecular weight is 340 g/mol. The molecule has 20 heavy (non-hydrogen) atoms. The molecular formula is C12H14BrN5O2. The molecule has 0 aliphatic rings. The number of hydrogen-bond donors (Lipinski definition) is 3. The Hall–Kier alpha value is -2.06. The summed E-state index contributed by atoms with van der Waals surface area (Å²) in [5, 5.41) is 3.14. The van der Waals surface area contributed by atoms with Crippen molar-refractivity contribution in [1.29, 1.82) is 0 Å². The zero-order chi connectivity index (χ0) is 14.5. The Labute approximate surface area is 124 Å². The zero-order valence-corrected chi connectivity index (χ0v) is 12.6. The Kier molecular flexibility index (Phi) is 4.59. The zero-order valence-electron chi connectivity index (χ0n) is 11.0. The van der Waals surface area contributed by atoms with E-state index in [0.29, 0.717) is 27.6 Å². The Morgan fingerprint density at radius 3 is 2.55 bits per heavy atom. The number of nitrogens with two attached hydrogens (primary N) is 1. The molecule has 0 amide bonds. The van der Waals surface area contributed by atoms with Gasteiger partial charge in [0, 0.05) is 6.07 Å². The smallest absolute Gasteiger partial charge is 0.159 e. The van der Waals surface area contributed by atoms with E-state index in [-0.39, 0.29) is 0 Å². The number of benzene rings is 1. The molecule has 4 N–H and O–H groups in total. The summed E-state index contributed by atoms with van der Waals surface area (Å²) in [5.41, 5.74) is 3.23. The third kappa shape index (κ3) is 2.91. The number of nitrogens with zero attached hydrogens (tertiary/aromatic N) is 2. The predicted molar refractivity (Wildman–Crippen MR) is 80.4 cm³/mol. The average Bonchev–Trinajstić information content (AvgIpc) is 2.49. The number of halogens is 1. The molecule has 0 saturated heterocycles. The maximum atomic E-state index is 5.37. The molecule has 2 rings (SSSR count). The topological polar surface area (TPSA) is 94.3 Å². The van der Waals surface area contributed by atoms with E-state index in [2.05, 4.69) is 36.6 Å². The minimum atomic E-state index is 0.481. The highest BCUT2D eigenvalue weighted by molar-refractivity contribution is 9.10. The number of ether oxygens (including phenoxy) is 2. The summed E-state index contributed by atoms with van der Waals surface area (Å²) in [6.07, 6.45) is 1.40. The highest BCUT2D eigenvalue weighted by atomic mass is 79.9. The lowest BCUT2D eigenvalue weighted by molar-refractivity contribution is 0.395. The monoisotopic (exact) mass is 339 g/mol. The van der Waals surface area contributed by atoms with Crippen LogP contribution in [0.15, 0.2) is 29.0 Å². The summed E-state index contributed by atoms with van der Waals surface area (Å²) in [4.78, 5) is 8.13. The van der Waals surface area contributed by atoms with Gasteiger partial charge in [0.05, 0.1) is 19.9 Å². The Balaban J connectivity index is 2.35. The molecule has 0 bridgehead atoms. The highest BCUT2D eigenvalue weighted by Gasteiger charge is 2.11. The summed E-state index contributed by atoms with van der Waals surface area (Å²) < 4.78 is 11.1. The second kappa shape index (κ2) is 6.40. The summed E-state index contributed by atoms with van der Waals surface area (Å²) in [6, 6.07) is 5.43. The molecule has 0 aliphatic heterocycles. The number of anilines is 3. The van der Waals surface area contributed by atoms with Crippen LogP contribution in [0.1, 0.15) is 0 Å². The van der Waals surface area contributed by atoms with E-state index in [9.17, 15) is 0 Å². The normalized spacial score (nSPS) is 10.0. The molecule has 106 valence electrons. The van der Waals surface area contributed by atoms with Crippen molar-refractivity contribution < 1.29 is 9.47 Å². The van der Waals surface area contributed by atoms with Crippen molar-refractivity contribution in [1.82, 2.24) is 9.97 Å². The van der Waals surface area contributed by atoms with Crippen molar-refractivity contribution in [2.24, 2.45) is 5.84 Å². The molecule has 8 heteroatoms. The van der Waals surface area contributed by atoms with E-state index >= 15 is 0 Å². The van der Waals surface area contributed by atoms with Gasteiger partial charge in [-0.1, -0.05) is 0 Å². The first-order valence-electron chi connectivity index (χ1n) is 5.65. The van der Waals surface area contributed by atoms with Crippen LogP contribution in [0.3, 0.4) is 0 Å². The molecule has 0 atom stereocenters. The van der Waals surface area contributed by atoms with Crippen molar-refractivity contribution in [3.63, 3.8) is 0 Å². The van der Waals surface area contributed by atoms with Crippen LogP contribution in [-0.2, 0) is 0 Å². The number of nitrogen functional groups attached to an aromatic ring is 1. The number of hydrazine groups is 1. The Bertz CT molecular complexity index is 608. The van der Waals surface area contributed by atoms with Gasteiger partial charge >= 0.3 is 0 Å². The van der Waals surface area contributed by atoms with Gasteiger partial charge in [-0.3, -0.25) is 0 Å². The van der Waals surface area contributed by atoms with Crippen molar-refractivity contribution in [2.45, 2.75) is 0 Å². The second-order valence-electron chi connectivity index (χ2n) is 3.72. The molecule has 0 saturated carbocycles. The van der Waals surface area contributed by atoms with Crippen molar-refractivity contribution in [2.75, 3.05) is 25.0 Å². The fourth-order valence-electron chi connectivity index (χ4n) is 1.59. The SMILES string of the molecule is COc1ccc(Nc2ncnc(NN)c2Br)c(OC)c1. The second-order valence-corrected chi connectivity index (χ2v) is 4.51. The van der Waals surface area contributed by atoms with E-state index in [4.69, 9.17) is 15.3 Å². The number of aromatic nitrogens is 2. The molecule has 0 aliphatic carbocycles. The van der Waals surface area contributed by atoms with Gasteiger partial charge in [0.15, 0.2) is 5.82 Å². The summed E-state index contributed by atoms with van der Waals surface area (Å²) in [6.45, 7) is 0. The van der Waals surface area contributed by atoms with E-state index in [1.165, 1.54) is 6.33 Å². The van der Waals surface area contributed by atoms with Gasteiger partial charge < -0.3 is 20.2 Å². The van der Waals surface area contributed by atoms with Gasteiger partial charge in [-0.2, -0.15) is 0 Å². The van der Waals surface area contributed by atoms with Crippen molar-refractivity contribution in [3.8, 4) is 11.5 Å². The van der Waals surface area contributed by atoms with Crippen LogP contribution in [0.2, 0.25) is 0 Å². The fraction of sp³-hybridized carbons (Fsp3) is 0.167. The van der Waals surface area contributed by atoms with Gasteiger partial charge in [0.1, 0.15) is 28.1 Å². The van der Waals surface area contributed by atoms with Crippen molar-refractivity contribution in [3.05, 3.63) is 29.0 Å². The van der Waals surface area contributed by atoms with E-state index in [1.54, 1.807) is 20.3 Å². The minimum absolute atomic E-state index is 0.481. The molecular weight excluding hydrogens is 326 g/mol. The lowest BCUT2D eigenvalue weighted by Crippen LogP contribution is -2.10. The summed E-state index contributed by atoms with van der Waals surface area (Å²) in [5.74, 6) is 7.76. The molecule has 0 unspecified atom stereocenters. The number of methoxy groups -OCH3 is 2. The van der Waals surface area contributed by atoms with Crippen LogP contribution in [0, 0.1) is 0 Å². The Morgan fingerprint density at radius 1 is 1.15 bits per heavy atom.